The lowest BCUT2D eigenvalue weighted by molar-refractivity contribution is -0.118. The van der Waals surface area contributed by atoms with Crippen molar-refractivity contribution in [2.75, 3.05) is 10.6 Å². The van der Waals surface area contributed by atoms with Crippen LogP contribution in [0.4, 0.5) is 34.8 Å². The number of halogens is 4. The van der Waals surface area contributed by atoms with E-state index in [1.54, 1.807) is 18.2 Å². The number of nitrogens with one attached hydrogen (secondary N) is 4. The summed E-state index contributed by atoms with van der Waals surface area (Å²) in [6, 6.07) is 13.8. The van der Waals surface area contributed by atoms with Gasteiger partial charge in [0.1, 0.15) is 17.5 Å². The number of anilines is 3. The number of nitrogens with zero attached hydrogens (tertiary/aromatic N) is 1. The fourth-order valence-electron chi connectivity index (χ4n) is 4.98. The maximum absolute atomic E-state index is 14.0. The lowest BCUT2D eigenvalue weighted by Gasteiger charge is -2.30. The van der Waals surface area contributed by atoms with E-state index in [9.17, 15) is 27.2 Å². The number of alkyl halides is 2. The second-order valence-corrected chi connectivity index (χ2v) is 10.5. The van der Waals surface area contributed by atoms with Crippen LogP contribution in [0.5, 0.6) is 0 Å². The largest absolute Gasteiger partial charge is 0.356 e. The number of aromatic nitrogens is 2. The first kappa shape index (κ1) is 27.9. The van der Waals surface area contributed by atoms with Crippen LogP contribution in [0.25, 0.3) is 11.3 Å². The highest BCUT2D eigenvalue weighted by Gasteiger charge is 2.35. The van der Waals surface area contributed by atoms with Crippen LogP contribution in [-0.2, 0) is 11.2 Å². The summed E-state index contributed by atoms with van der Waals surface area (Å²) in [6.45, 7) is 3.79. The number of aromatic amines is 1. The lowest BCUT2D eigenvalue weighted by Crippen LogP contribution is -2.49. The number of rotatable bonds is 8. The summed E-state index contributed by atoms with van der Waals surface area (Å²) in [5.41, 5.74) is 2.62. The van der Waals surface area contributed by atoms with E-state index in [0.29, 0.717) is 40.3 Å². The molecule has 1 aliphatic heterocycles. The Balaban J connectivity index is 1.51. The number of carbonyl (C=O) groups excluding carboxylic acids is 2. The molecule has 1 aliphatic rings. The van der Waals surface area contributed by atoms with Crippen molar-refractivity contribution in [2.24, 2.45) is 0 Å². The second-order valence-electron chi connectivity index (χ2n) is 10.5. The summed E-state index contributed by atoms with van der Waals surface area (Å²) in [4.78, 5) is 33.7. The monoisotopic (exact) mass is 565 g/mol. The molecule has 1 atom stereocenters. The number of hydrogen-bond donors (Lipinski definition) is 4. The molecule has 41 heavy (non-hydrogen) atoms. The molecule has 11 heteroatoms. The SMILES string of the molecule is CC1(C)Cc2[nH]c(-c3ccnc(NC(=O)[C@H](CC(F)F)c4ccc(F)cc4)c3)c(Nc3cccc(F)c3)c2C(=O)N1. The molecule has 3 heterocycles. The van der Waals surface area contributed by atoms with Gasteiger partial charge < -0.3 is 20.9 Å². The molecule has 0 spiro atoms. The van der Waals surface area contributed by atoms with E-state index in [2.05, 4.69) is 25.9 Å². The summed E-state index contributed by atoms with van der Waals surface area (Å²) in [5, 5.41) is 8.71. The summed E-state index contributed by atoms with van der Waals surface area (Å²) in [7, 11) is 0. The molecule has 4 N–H and O–H groups in total. The van der Waals surface area contributed by atoms with Crippen LogP contribution in [0, 0.1) is 11.6 Å². The molecular weight excluding hydrogens is 538 g/mol. The van der Waals surface area contributed by atoms with E-state index in [0.717, 1.165) is 12.1 Å². The van der Waals surface area contributed by atoms with Crippen LogP contribution in [0.3, 0.4) is 0 Å². The van der Waals surface area contributed by atoms with E-state index >= 15 is 0 Å². The molecule has 0 bridgehead atoms. The molecule has 0 fully saturated rings. The highest BCUT2D eigenvalue weighted by Crippen LogP contribution is 2.39. The van der Waals surface area contributed by atoms with Gasteiger partial charge in [-0.05, 0) is 61.9 Å². The van der Waals surface area contributed by atoms with Gasteiger partial charge in [0.15, 0.2) is 0 Å². The van der Waals surface area contributed by atoms with Gasteiger partial charge in [-0.15, -0.1) is 0 Å². The minimum atomic E-state index is -2.77. The van der Waals surface area contributed by atoms with Gasteiger partial charge in [0.2, 0.25) is 12.3 Å². The predicted molar refractivity (Wildman–Crippen MR) is 147 cm³/mol. The highest BCUT2D eigenvalue weighted by molar-refractivity contribution is 6.07. The summed E-state index contributed by atoms with van der Waals surface area (Å²) >= 11 is 0. The van der Waals surface area contributed by atoms with Gasteiger partial charge in [-0.1, -0.05) is 18.2 Å². The van der Waals surface area contributed by atoms with Gasteiger partial charge in [-0.25, -0.2) is 22.5 Å². The van der Waals surface area contributed by atoms with Crippen molar-refractivity contribution >= 4 is 29.0 Å². The van der Waals surface area contributed by atoms with E-state index < -0.39 is 41.8 Å². The number of amides is 2. The van der Waals surface area contributed by atoms with Gasteiger partial charge in [-0.3, -0.25) is 9.59 Å². The first-order valence-electron chi connectivity index (χ1n) is 12.9. The van der Waals surface area contributed by atoms with Crippen molar-refractivity contribution < 1.29 is 27.2 Å². The lowest BCUT2D eigenvalue weighted by atomic mass is 9.91. The molecule has 0 saturated heterocycles. The van der Waals surface area contributed by atoms with Crippen molar-refractivity contribution in [1.82, 2.24) is 15.3 Å². The topological polar surface area (TPSA) is 98.9 Å². The van der Waals surface area contributed by atoms with E-state index in [-0.39, 0.29) is 17.3 Å². The fourth-order valence-corrected chi connectivity index (χ4v) is 4.98. The minimum absolute atomic E-state index is 0.0861. The Labute approximate surface area is 233 Å². The van der Waals surface area contributed by atoms with Crippen molar-refractivity contribution in [1.29, 1.82) is 0 Å². The van der Waals surface area contributed by atoms with Gasteiger partial charge in [0.05, 0.1) is 22.9 Å². The molecule has 2 amide bonds. The third-order valence-corrected chi connectivity index (χ3v) is 6.77. The Morgan fingerprint density at radius 3 is 2.51 bits per heavy atom. The van der Waals surface area contributed by atoms with Crippen molar-refractivity contribution in [3.05, 3.63) is 95.3 Å². The number of pyridine rings is 1. The molecular formula is C30H27F4N5O2. The zero-order valence-electron chi connectivity index (χ0n) is 22.2. The van der Waals surface area contributed by atoms with Crippen LogP contribution in [0.2, 0.25) is 0 Å². The van der Waals surface area contributed by atoms with E-state index in [4.69, 9.17) is 0 Å². The fraction of sp³-hybridized carbons (Fsp3) is 0.233. The molecule has 2 aromatic heterocycles. The number of benzene rings is 2. The molecule has 2 aromatic carbocycles. The molecule has 5 rings (SSSR count). The molecule has 4 aromatic rings. The van der Waals surface area contributed by atoms with E-state index in [1.807, 2.05) is 13.8 Å². The van der Waals surface area contributed by atoms with Gasteiger partial charge in [-0.2, -0.15) is 0 Å². The Kier molecular flexibility index (Phi) is 7.53. The van der Waals surface area contributed by atoms with Crippen LogP contribution in [0.1, 0.15) is 47.8 Å². The van der Waals surface area contributed by atoms with Crippen LogP contribution >= 0.6 is 0 Å². The smallest absolute Gasteiger partial charge is 0.255 e. The Morgan fingerprint density at radius 1 is 1.05 bits per heavy atom. The van der Waals surface area contributed by atoms with Crippen LogP contribution < -0.4 is 16.0 Å². The molecule has 212 valence electrons. The van der Waals surface area contributed by atoms with Gasteiger partial charge >= 0.3 is 0 Å². The van der Waals surface area contributed by atoms with Gasteiger partial charge in [0.25, 0.3) is 5.91 Å². The second kappa shape index (κ2) is 11.1. The molecule has 7 nitrogen and oxygen atoms in total. The first-order chi connectivity index (χ1) is 19.5. The standard InChI is InChI=1S/C30H27F4N5O2/c1-30(2)15-22-25(29(41)39-30)27(36-20-5-3-4-19(32)13-20)26(37-22)17-10-11-35-24(12-17)38-28(40)21(14-23(33)34)16-6-8-18(31)9-7-16/h3-13,21,23,36-37H,14-15H2,1-2H3,(H,39,41)(H,35,38,40)/t21-/m1/s1. The zero-order valence-corrected chi connectivity index (χ0v) is 22.2. The van der Waals surface area contributed by atoms with Crippen molar-refractivity contribution in [3.8, 4) is 11.3 Å². The van der Waals surface area contributed by atoms with Crippen molar-refractivity contribution in [3.63, 3.8) is 0 Å². The van der Waals surface area contributed by atoms with Crippen LogP contribution in [0.15, 0.2) is 66.9 Å². The normalized spacial score (nSPS) is 14.8. The zero-order chi connectivity index (χ0) is 29.3. The predicted octanol–water partition coefficient (Wildman–Crippen LogP) is 6.54. The maximum atomic E-state index is 14.0. The van der Waals surface area contributed by atoms with Crippen LogP contribution in [-0.4, -0.2) is 33.7 Å². The summed E-state index contributed by atoms with van der Waals surface area (Å²) in [5.74, 6) is -3.20. The molecule has 0 aliphatic carbocycles. The third-order valence-electron chi connectivity index (χ3n) is 6.77. The Morgan fingerprint density at radius 2 is 1.80 bits per heavy atom. The molecule has 0 unspecified atom stereocenters. The maximum Gasteiger partial charge on any atom is 0.255 e. The van der Waals surface area contributed by atoms with Gasteiger partial charge in [0, 0.05) is 41.5 Å². The Bertz CT molecular complexity index is 1600. The molecule has 0 saturated carbocycles. The third kappa shape index (κ3) is 6.24. The number of fused-ring (bicyclic) bond motifs is 1. The van der Waals surface area contributed by atoms with Crippen molar-refractivity contribution in [2.45, 2.75) is 44.6 Å². The number of H-pyrrole nitrogens is 1. The number of hydrogen-bond acceptors (Lipinski definition) is 4. The average molecular weight is 566 g/mol. The molecule has 0 radical (unpaired) electrons. The number of carbonyl (C=O) groups is 2. The summed E-state index contributed by atoms with van der Waals surface area (Å²) < 4.78 is 54.0. The minimum Gasteiger partial charge on any atom is -0.356 e. The van der Waals surface area contributed by atoms with E-state index in [1.165, 1.54) is 36.5 Å². The quantitative estimate of drug-likeness (QED) is 0.182. The average Bonchev–Trinajstić information content (AvgIpc) is 3.25. The first-order valence-corrected chi connectivity index (χ1v) is 12.9. The Hall–Kier alpha value is -4.67. The highest BCUT2D eigenvalue weighted by atomic mass is 19.3. The summed E-state index contributed by atoms with van der Waals surface area (Å²) in [6.07, 6.45) is -1.60.